The molecule has 5 aromatic rings. The third kappa shape index (κ3) is 12.2. The molecule has 318 valence electrons. The zero-order valence-electron chi connectivity index (χ0n) is 33.1. The van der Waals surface area contributed by atoms with Crippen molar-refractivity contribution in [2.24, 2.45) is 0 Å². The van der Waals surface area contributed by atoms with E-state index in [0.717, 1.165) is 22.5 Å². The van der Waals surface area contributed by atoms with Gasteiger partial charge < -0.3 is 45.4 Å². The summed E-state index contributed by atoms with van der Waals surface area (Å²) in [5.74, 6) is 0.172. The van der Waals surface area contributed by atoms with Gasteiger partial charge in [-0.1, -0.05) is 77.5 Å². The Balaban J connectivity index is 0.822. The average molecular weight is 861 g/mol. The number of anilines is 2. The summed E-state index contributed by atoms with van der Waals surface area (Å²) in [4.78, 5) is 53.9. The fourth-order valence-corrected chi connectivity index (χ4v) is 8.06. The molecule has 1 aromatic heterocycles. The number of H-pyrrole nitrogens is 1. The highest BCUT2D eigenvalue weighted by Gasteiger charge is 2.23. The van der Waals surface area contributed by atoms with E-state index in [2.05, 4.69) is 31.2 Å². The molecule has 17 heteroatoms. The van der Waals surface area contributed by atoms with Crippen molar-refractivity contribution in [3.05, 3.63) is 105 Å². The van der Waals surface area contributed by atoms with E-state index in [1.807, 2.05) is 54.6 Å². The fraction of sp³-hybridized carbons (Fsp3) is 0.349. The predicted octanol–water partition coefficient (Wildman–Crippen LogP) is 7.00. The van der Waals surface area contributed by atoms with E-state index in [4.69, 9.17) is 25.8 Å². The summed E-state index contributed by atoms with van der Waals surface area (Å²) in [5, 5.41) is 32.7. The number of ether oxygens (including phenoxy) is 3. The van der Waals surface area contributed by atoms with Gasteiger partial charge in [-0.15, -0.1) is 0 Å². The molecule has 1 aliphatic heterocycles. The smallest absolute Gasteiger partial charge is 0.411 e. The van der Waals surface area contributed by atoms with Crippen LogP contribution in [-0.4, -0.2) is 90.7 Å². The Morgan fingerprint density at radius 2 is 1.73 bits per heavy atom. The molecule has 15 nitrogen and oxygen atoms in total. The molecule has 0 saturated carbocycles. The van der Waals surface area contributed by atoms with Gasteiger partial charge in [0.1, 0.15) is 29.7 Å². The second-order valence-electron chi connectivity index (χ2n) is 14.2. The number of carbonyl (C=O) groups is 3. The maximum Gasteiger partial charge on any atom is 0.411 e. The first-order chi connectivity index (χ1) is 29.1. The third-order valence-electron chi connectivity index (χ3n) is 10.0. The fourth-order valence-electron chi connectivity index (χ4n) is 6.91. The summed E-state index contributed by atoms with van der Waals surface area (Å²) in [6.07, 6.45) is 0.479. The minimum atomic E-state index is -0.957. The van der Waals surface area contributed by atoms with Crippen molar-refractivity contribution >= 4 is 62.6 Å². The van der Waals surface area contributed by atoms with Crippen LogP contribution in [-0.2, 0) is 20.8 Å². The van der Waals surface area contributed by atoms with Crippen LogP contribution < -0.4 is 30.9 Å². The Morgan fingerprint density at radius 3 is 2.52 bits per heavy atom. The quantitative estimate of drug-likeness (QED) is 0.0448. The number of halogens is 1. The Morgan fingerprint density at radius 1 is 0.967 bits per heavy atom. The van der Waals surface area contributed by atoms with Crippen LogP contribution in [0.2, 0.25) is 5.02 Å². The van der Waals surface area contributed by atoms with Crippen LogP contribution in [0.4, 0.5) is 21.0 Å². The number of carbonyl (C=O) groups excluding carboxylic acids is 3. The number of likely N-dealkylation sites (tertiary alicyclic amines) is 1. The van der Waals surface area contributed by atoms with Crippen LogP contribution in [0.5, 0.6) is 11.5 Å². The Hall–Kier alpha value is -5.65. The second kappa shape index (κ2) is 21.6. The van der Waals surface area contributed by atoms with E-state index in [1.165, 1.54) is 13.2 Å². The highest BCUT2D eigenvalue weighted by atomic mass is 35.5. The van der Waals surface area contributed by atoms with E-state index >= 15 is 0 Å². The number of piperidine rings is 1. The lowest BCUT2D eigenvalue weighted by Crippen LogP contribution is -2.40. The number of thiazole rings is 1. The van der Waals surface area contributed by atoms with E-state index in [0.29, 0.717) is 95.4 Å². The molecule has 60 heavy (non-hydrogen) atoms. The molecule has 1 saturated heterocycles. The third-order valence-corrected chi connectivity index (χ3v) is 11.3. The summed E-state index contributed by atoms with van der Waals surface area (Å²) in [6.45, 7) is 2.99. The zero-order chi connectivity index (χ0) is 42.4. The van der Waals surface area contributed by atoms with Crippen LogP contribution >= 0.6 is 22.9 Å². The zero-order valence-corrected chi connectivity index (χ0v) is 34.7. The van der Waals surface area contributed by atoms with Gasteiger partial charge in [-0.3, -0.25) is 19.8 Å². The number of aromatic hydroxyl groups is 1. The van der Waals surface area contributed by atoms with Gasteiger partial charge in [0.15, 0.2) is 0 Å². The Labute approximate surface area is 356 Å². The standard InChI is InChI=1S/C43H49ClN6O9S/c1-57-37-24-34(32(44)23-28(37)25-45-26-36(52)31-14-15-35(51)39-40(31)60-43(56)49-39)47-38(53)13-7-8-18-46-41(54)58-22-21-50-19-16-29(17-20-50)59-42(55)48-33-12-6-5-11-30(33)27-9-3-2-4-10-27/h2-6,9-12,14-15,23-24,29,36,45,51-52H,7-8,13,16-22,25-26H2,1H3,(H,46,54)(H,47,53)(H,48,55)(H,49,56)/t36-/m0/s1. The van der Waals surface area contributed by atoms with E-state index in [9.17, 15) is 29.4 Å². The number of rotatable bonds is 18. The molecule has 1 atom stereocenters. The number of fused-ring (bicyclic) bond motifs is 1. The molecule has 0 unspecified atom stereocenters. The number of phenols is 1. The van der Waals surface area contributed by atoms with Crippen molar-refractivity contribution in [2.45, 2.75) is 50.9 Å². The van der Waals surface area contributed by atoms with Crippen molar-refractivity contribution in [3.63, 3.8) is 0 Å². The van der Waals surface area contributed by atoms with Gasteiger partial charge in [-0.05, 0) is 49.4 Å². The van der Waals surface area contributed by atoms with Crippen LogP contribution in [0.25, 0.3) is 21.3 Å². The number of methoxy groups -OCH3 is 1. The minimum Gasteiger partial charge on any atom is -0.506 e. The summed E-state index contributed by atoms with van der Waals surface area (Å²) >= 11 is 7.43. The molecule has 0 radical (unpaired) electrons. The first-order valence-corrected chi connectivity index (χ1v) is 20.9. The van der Waals surface area contributed by atoms with E-state index < -0.39 is 18.3 Å². The molecule has 6 rings (SSSR count). The van der Waals surface area contributed by atoms with Crippen molar-refractivity contribution < 1.29 is 38.8 Å². The van der Waals surface area contributed by atoms with Crippen LogP contribution in [0.15, 0.2) is 83.7 Å². The number of amides is 3. The monoisotopic (exact) mass is 860 g/mol. The number of aromatic amines is 1. The van der Waals surface area contributed by atoms with Gasteiger partial charge in [-0.25, -0.2) is 9.59 Å². The van der Waals surface area contributed by atoms with Crippen molar-refractivity contribution in [3.8, 4) is 22.6 Å². The van der Waals surface area contributed by atoms with Crippen molar-refractivity contribution in [1.82, 2.24) is 20.5 Å². The lowest BCUT2D eigenvalue weighted by Gasteiger charge is -2.31. The number of aliphatic hydroxyl groups excluding tert-OH is 1. The number of unbranched alkanes of at least 4 members (excludes halogenated alkanes) is 1. The lowest BCUT2D eigenvalue weighted by atomic mass is 10.0. The molecule has 3 amide bonds. The number of aromatic nitrogens is 1. The molecule has 7 N–H and O–H groups in total. The van der Waals surface area contributed by atoms with E-state index in [-0.39, 0.29) is 48.8 Å². The molecule has 4 aromatic carbocycles. The van der Waals surface area contributed by atoms with E-state index in [1.54, 1.807) is 18.2 Å². The lowest BCUT2D eigenvalue weighted by molar-refractivity contribution is -0.116. The molecule has 0 aliphatic carbocycles. The summed E-state index contributed by atoms with van der Waals surface area (Å²) < 4.78 is 17.1. The highest BCUT2D eigenvalue weighted by molar-refractivity contribution is 7.16. The van der Waals surface area contributed by atoms with Crippen LogP contribution in [0, 0.1) is 0 Å². The average Bonchev–Trinajstić information content (AvgIpc) is 3.65. The second-order valence-corrected chi connectivity index (χ2v) is 15.6. The SMILES string of the molecule is COc1cc(NC(=O)CCCCNC(=O)OCCN2CCC(OC(=O)Nc3ccccc3-c3ccccc3)CC2)c(Cl)cc1CNC[C@H](O)c1ccc(O)c2[nH]c(=O)sc12. The maximum absolute atomic E-state index is 12.7. The molecule has 2 heterocycles. The van der Waals surface area contributed by atoms with Crippen molar-refractivity contribution in [1.29, 1.82) is 0 Å². The first-order valence-electron chi connectivity index (χ1n) is 19.7. The number of alkyl carbamates (subject to hydrolysis) is 1. The van der Waals surface area contributed by atoms with Gasteiger partial charge in [0.25, 0.3) is 0 Å². The summed E-state index contributed by atoms with van der Waals surface area (Å²) in [5.41, 5.74) is 4.50. The minimum absolute atomic E-state index is 0.0657. The number of aliphatic hydroxyl groups is 1. The molecular weight excluding hydrogens is 812 g/mol. The number of nitrogens with zero attached hydrogens (tertiary/aromatic N) is 1. The summed E-state index contributed by atoms with van der Waals surface area (Å²) in [6, 6.07) is 23.8. The van der Waals surface area contributed by atoms with Crippen LogP contribution in [0.1, 0.15) is 49.3 Å². The molecule has 1 fully saturated rings. The first kappa shape index (κ1) is 43.9. The van der Waals surface area contributed by atoms with Gasteiger partial charge >= 0.3 is 17.1 Å². The van der Waals surface area contributed by atoms with Crippen molar-refractivity contribution in [2.75, 3.05) is 57.1 Å². The summed E-state index contributed by atoms with van der Waals surface area (Å²) in [7, 11) is 1.50. The van der Waals surface area contributed by atoms with Crippen LogP contribution in [0.3, 0.4) is 0 Å². The Kier molecular flexibility index (Phi) is 15.8. The molecule has 0 spiro atoms. The van der Waals surface area contributed by atoms with Gasteiger partial charge in [0.05, 0.1) is 34.3 Å². The normalized spacial score (nSPS) is 13.7. The number of para-hydroxylation sites is 1. The molecule has 0 bridgehead atoms. The number of phenolic OH excluding ortho intramolecular Hbond substituents is 1. The topological polar surface area (TPSA) is 204 Å². The predicted molar refractivity (Wildman–Crippen MR) is 232 cm³/mol. The number of hydrogen-bond donors (Lipinski definition) is 7. The molecular formula is C43H49ClN6O9S. The maximum atomic E-state index is 12.7. The molecule has 1 aliphatic rings. The Bertz CT molecular complexity index is 2300. The largest absolute Gasteiger partial charge is 0.506 e. The van der Waals surface area contributed by atoms with Gasteiger partial charge in [0, 0.05) is 68.4 Å². The highest BCUT2D eigenvalue weighted by Crippen LogP contribution is 2.33. The number of hydrogen-bond acceptors (Lipinski definition) is 12. The van der Waals surface area contributed by atoms with Gasteiger partial charge in [0.2, 0.25) is 5.91 Å². The number of benzene rings is 4. The van der Waals surface area contributed by atoms with Gasteiger partial charge in [-0.2, -0.15) is 0 Å². The number of nitrogens with one attached hydrogen (secondary N) is 5.